The summed E-state index contributed by atoms with van der Waals surface area (Å²) in [5.41, 5.74) is 2.55. The average molecular weight is 347 g/mol. The van der Waals surface area contributed by atoms with E-state index in [4.69, 9.17) is 0 Å². The third-order valence-electron chi connectivity index (χ3n) is 3.35. The maximum atomic E-state index is 2.16. The van der Waals surface area contributed by atoms with Gasteiger partial charge in [0.25, 0.3) is 0 Å². The number of benzene rings is 3. The maximum Gasteiger partial charge on any atom is 0.0229 e. The minimum atomic E-state index is 1.28. The first-order valence-corrected chi connectivity index (χ1v) is 9.53. The Kier molecular flexibility index (Phi) is 6.29. The predicted molar refractivity (Wildman–Crippen MR) is 107 cm³/mol. The zero-order valence-electron chi connectivity index (χ0n) is 13.2. The largest absolute Gasteiger partial charge is 0.151 e. The molecular weight excluding hydrogens is 328 g/mol. The van der Waals surface area contributed by atoms with Gasteiger partial charge >= 0.3 is 0 Å². The highest BCUT2D eigenvalue weighted by Crippen LogP contribution is 2.28. The second-order valence-corrected chi connectivity index (χ2v) is 7.03. The van der Waals surface area contributed by atoms with Gasteiger partial charge in [0.15, 0.2) is 0 Å². The van der Waals surface area contributed by atoms with Crippen LogP contribution in [0.15, 0.2) is 118 Å². The molecular formula is C22H18S2. The number of hydrogen-bond acceptors (Lipinski definition) is 2. The van der Waals surface area contributed by atoms with Crippen molar-refractivity contribution in [1.82, 2.24) is 0 Å². The summed E-state index contributed by atoms with van der Waals surface area (Å²) in [5, 5.41) is 4.27. The molecule has 4 rings (SSSR count). The third kappa shape index (κ3) is 5.12. The van der Waals surface area contributed by atoms with Crippen LogP contribution in [-0.4, -0.2) is 0 Å². The Balaban J connectivity index is 0.000000141. The quantitative estimate of drug-likeness (QED) is 0.376. The molecule has 118 valence electrons. The van der Waals surface area contributed by atoms with Crippen LogP contribution in [0.1, 0.15) is 0 Å². The van der Waals surface area contributed by atoms with E-state index in [1.54, 1.807) is 23.1 Å². The number of rotatable bonds is 3. The van der Waals surface area contributed by atoms with Gasteiger partial charge in [-0.05, 0) is 34.7 Å². The Morgan fingerprint density at radius 1 is 0.500 bits per heavy atom. The summed E-state index contributed by atoms with van der Waals surface area (Å²) in [4.78, 5) is 2.63. The van der Waals surface area contributed by atoms with E-state index in [1.807, 2.05) is 18.2 Å². The molecule has 24 heavy (non-hydrogen) atoms. The molecule has 0 amide bonds. The molecule has 2 heteroatoms. The van der Waals surface area contributed by atoms with Gasteiger partial charge in [0.1, 0.15) is 0 Å². The van der Waals surface area contributed by atoms with Crippen molar-refractivity contribution in [3.63, 3.8) is 0 Å². The van der Waals surface area contributed by atoms with Gasteiger partial charge in [0, 0.05) is 15.2 Å². The highest BCUT2D eigenvalue weighted by Gasteiger charge is 1.94. The Morgan fingerprint density at radius 2 is 1.00 bits per heavy atom. The van der Waals surface area contributed by atoms with E-state index in [0.717, 1.165) is 0 Å². The Bertz CT molecular complexity index is 770. The second-order valence-electron chi connectivity index (χ2n) is 5.11. The van der Waals surface area contributed by atoms with Gasteiger partial charge in [-0.25, -0.2) is 0 Å². The van der Waals surface area contributed by atoms with Crippen molar-refractivity contribution in [1.29, 1.82) is 0 Å². The molecule has 3 aromatic carbocycles. The summed E-state index contributed by atoms with van der Waals surface area (Å²) in [6.45, 7) is 0. The first kappa shape index (κ1) is 16.6. The molecule has 4 aromatic rings. The monoisotopic (exact) mass is 346 g/mol. The van der Waals surface area contributed by atoms with Gasteiger partial charge in [0.05, 0.1) is 0 Å². The van der Waals surface area contributed by atoms with Crippen LogP contribution in [0.2, 0.25) is 0 Å². The lowest BCUT2D eigenvalue weighted by Crippen LogP contribution is -1.73. The third-order valence-corrected chi connectivity index (χ3v) is 5.18. The van der Waals surface area contributed by atoms with Crippen LogP contribution in [0.4, 0.5) is 0 Å². The molecule has 0 unspecified atom stereocenters. The van der Waals surface area contributed by atoms with Crippen LogP contribution in [0.25, 0.3) is 11.1 Å². The molecule has 0 atom stereocenters. The van der Waals surface area contributed by atoms with Gasteiger partial charge in [-0.2, -0.15) is 11.3 Å². The van der Waals surface area contributed by atoms with E-state index in [0.29, 0.717) is 0 Å². The normalized spacial score (nSPS) is 9.83. The van der Waals surface area contributed by atoms with Gasteiger partial charge in [0.2, 0.25) is 0 Å². The summed E-state index contributed by atoms with van der Waals surface area (Å²) in [6, 6.07) is 33.3. The SMILES string of the molecule is c1ccc(-c2ccccc2)cc1.c1ccc(Sc2ccsc2)cc1. The van der Waals surface area contributed by atoms with Crippen molar-refractivity contribution in [2.45, 2.75) is 9.79 Å². The number of thiophene rings is 1. The molecule has 0 saturated carbocycles. The highest BCUT2D eigenvalue weighted by atomic mass is 32.2. The molecule has 0 fully saturated rings. The lowest BCUT2D eigenvalue weighted by atomic mass is 10.1. The van der Waals surface area contributed by atoms with E-state index in [-0.39, 0.29) is 0 Å². The van der Waals surface area contributed by atoms with Crippen molar-refractivity contribution in [3.05, 3.63) is 108 Å². The minimum absolute atomic E-state index is 1.28. The van der Waals surface area contributed by atoms with E-state index in [2.05, 4.69) is 89.6 Å². The standard InChI is InChI=1S/C12H10.C10H8S2/c1-3-7-11(8-4-1)12-9-5-2-6-10-12;1-2-4-9(5-3-1)12-10-6-7-11-8-10/h1-10H;1-8H. The first-order chi connectivity index (χ1) is 11.9. The van der Waals surface area contributed by atoms with Crippen molar-refractivity contribution in [2.75, 3.05) is 0 Å². The van der Waals surface area contributed by atoms with Crippen molar-refractivity contribution in [3.8, 4) is 11.1 Å². The molecule has 1 aromatic heterocycles. The van der Waals surface area contributed by atoms with Gasteiger partial charge < -0.3 is 0 Å². The smallest absolute Gasteiger partial charge is 0.0229 e. The lowest BCUT2D eigenvalue weighted by molar-refractivity contribution is 1.44. The van der Waals surface area contributed by atoms with Crippen LogP contribution in [0.5, 0.6) is 0 Å². The molecule has 0 N–H and O–H groups in total. The second kappa shape index (κ2) is 9.11. The van der Waals surface area contributed by atoms with Crippen molar-refractivity contribution in [2.24, 2.45) is 0 Å². The predicted octanol–water partition coefficient (Wildman–Crippen LogP) is 7.25. The fourth-order valence-corrected chi connectivity index (χ4v) is 3.86. The fourth-order valence-electron chi connectivity index (χ4n) is 2.20. The van der Waals surface area contributed by atoms with Gasteiger partial charge in [-0.3, -0.25) is 0 Å². The Morgan fingerprint density at radius 3 is 1.46 bits per heavy atom. The van der Waals surface area contributed by atoms with Crippen LogP contribution in [0.3, 0.4) is 0 Å². The summed E-state index contributed by atoms with van der Waals surface area (Å²) < 4.78 is 0. The van der Waals surface area contributed by atoms with Crippen LogP contribution in [0, 0.1) is 0 Å². The molecule has 0 bridgehead atoms. The molecule has 0 aliphatic heterocycles. The summed E-state index contributed by atoms with van der Waals surface area (Å²) >= 11 is 3.54. The maximum absolute atomic E-state index is 2.16. The van der Waals surface area contributed by atoms with E-state index < -0.39 is 0 Å². The van der Waals surface area contributed by atoms with E-state index in [9.17, 15) is 0 Å². The van der Waals surface area contributed by atoms with E-state index >= 15 is 0 Å². The molecule has 0 aliphatic rings. The topological polar surface area (TPSA) is 0 Å². The summed E-state index contributed by atoms with van der Waals surface area (Å²) in [5.74, 6) is 0. The average Bonchev–Trinajstić information content (AvgIpc) is 3.18. The molecule has 0 saturated heterocycles. The zero-order chi connectivity index (χ0) is 16.5. The highest BCUT2D eigenvalue weighted by molar-refractivity contribution is 7.99. The Labute approximate surface area is 151 Å². The van der Waals surface area contributed by atoms with E-state index in [1.165, 1.54) is 20.9 Å². The lowest BCUT2D eigenvalue weighted by Gasteiger charge is -1.98. The van der Waals surface area contributed by atoms with Crippen molar-refractivity contribution < 1.29 is 0 Å². The van der Waals surface area contributed by atoms with Crippen LogP contribution in [-0.2, 0) is 0 Å². The fraction of sp³-hybridized carbons (Fsp3) is 0. The first-order valence-electron chi connectivity index (χ1n) is 7.77. The summed E-state index contributed by atoms with van der Waals surface area (Å²) in [7, 11) is 0. The minimum Gasteiger partial charge on any atom is -0.151 e. The van der Waals surface area contributed by atoms with Gasteiger partial charge in [-0.15, -0.1) is 0 Å². The molecule has 1 heterocycles. The molecule has 0 nitrogen and oxygen atoms in total. The van der Waals surface area contributed by atoms with Crippen LogP contribution < -0.4 is 0 Å². The Hall–Kier alpha value is -2.29. The summed E-state index contributed by atoms with van der Waals surface area (Å²) in [6.07, 6.45) is 0. The zero-order valence-corrected chi connectivity index (χ0v) is 14.8. The molecule has 0 aliphatic carbocycles. The van der Waals surface area contributed by atoms with Gasteiger partial charge in [-0.1, -0.05) is 90.6 Å². The molecule has 0 radical (unpaired) electrons. The van der Waals surface area contributed by atoms with Crippen LogP contribution >= 0.6 is 23.1 Å². The molecule has 0 spiro atoms. The van der Waals surface area contributed by atoms with Crippen molar-refractivity contribution >= 4 is 23.1 Å². The number of hydrogen-bond donors (Lipinski definition) is 0.